The molecule has 1 amide bonds. The third kappa shape index (κ3) is 4.22. The fraction of sp³-hybridized carbons (Fsp3) is 0.606. The number of piperidine rings is 1. The Labute approximate surface area is 217 Å². The van der Waals surface area contributed by atoms with E-state index >= 15 is 0 Å². The molecule has 3 nitrogen and oxygen atoms in total. The van der Waals surface area contributed by atoms with Gasteiger partial charge in [0.25, 0.3) is 0 Å². The van der Waals surface area contributed by atoms with Gasteiger partial charge in [0.05, 0.1) is 5.41 Å². The highest BCUT2D eigenvalue weighted by molar-refractivity contribution is 5.83. The number of carbonyl (C=O) groups is 1. The monoisotopic (exact) mass is 482 g/mol. The molecule has 2 saturated heterocycles. The fourth-order valence-electron chi connectivity index (χ4n) is 9.51. The lowest BCUT2D eigenvalue weighted by atomic mass is 9.49. The van der Waals surface area contributed by atoms with E-state index in [0.717, 1.165) is 37.4 Å². The molecule has 36 heavy (non-hydrogen) atoms. The number of likely N-dealkylation sites (tertiary alicyclic amines) is 2. The standard InChI is InChI=1S/C33H42N2O/c36-32(33-18-24-15-25(19-33)17-26(16-24)20-33)35-22-30(31(23-35)29-9-5-2-6-10-29)21-34-13-11-28(12-14-34)27-7-3-1-4-8-27/h1-10,24-26,28,30-31H,11-23H2. The number of nitrogens with zero attached hydrogens (tertiary/aromatic N) is 2. The van der Waals surface area contributed by atoms with E-state index in [1.54, 1.807) is 0 Å². The van der Waals surface area contributed by atoms with Crippen LogP contribution >= 0.6 is 0 Å². The van der Waals surface area contributed by atoms with Gasteiger partial charge in [-0.3, -0.25) is 4.79 Å². The van der Waals surface area contributed by atoms with Crippen LogP contribution in [0.2, 0.25) is 0 Å². The van der Waals surface area contributed by atoms with Gasteiger partial charge < -0.3 is 9.80 Å². The second-order valence-corrected chi connectivity index (χ2v) is 13.2. The zero-order valence-electron chi connectivity index (χ0n) is 21.7. The average molecular weight is 483 g/mol. The van der Waals surface area contributed by atoms with Crippen molar-refractivity contribution in [3.05, 3.63) is 71.8 Å². The van der Waals surface area contributed by atoms with Crippen LogP contribution < -0.4 is 0 Å². The normalized spacial score (nSPS) is 36.4. The Balaban J connectivity index is 1.06. The Morgan fingerprint density at radius 3 is 1.89 bits per heavy atom. The molecule has 2 aliphatic heterocycles. The summed E-state index contributed by atoms with van der Waals surface area (Å²) >= 11 is 0. The summed E-state index contributed by atoms with van der Waals surface area (Å²) in [6, 6.07) is 22.2. The lowest BCUT2D eigenvalue weighted by Crippen LogP contribution is -2.54. The lowest BCUT2D eigenvalue weighted by molar-refractivity contribution is -0.156. The van der Waals surface area contributed by atoms with E-state index in [1.807, 2.05) is 0 Å². The summed E-state index contributed by atoms with van der Waals surface area (Å²) in [5, 5.41) is 0. The van der Waals surface area contributed by atoms with E-state index in [9.17, 15) is 4.79 Å². The highest BCUT2D eigenvalue weighted by Crippen LogP contribution is 2.61. The molecular formula is C33H42N2O. The molecule has 2 aromatic carbocycles. The largest absolute Gasteiger partial charge is 0.341 e. The number of hydrogen-bond acceptors (Lipinski definition) is 2. The van der Waals surface area contributed by atoms with Gasteiger partial charge in [0.15, 0.2) is 0 Å². The van der Waals surface area contributed by atoms with Crippen molar-refractivity contribution < 1.29 is 4.79 Å². The van der Waals surface area contributed by atoms with Crippen LogP contribution in [-0.4, -0.2) is 48.4 Å². The van der Waals surface area contributed by atoms with Gasteiger partial charge in [-0.1, -0.05) is 60.7 Å². The van der Waals surface area contributed by atoms with Gasteiger partial charge in [0.2, 0.25) is 5.91 Å². The van der Waals surface area contributed by atoms with E-state index in [1.165, 1.54) is 75.6 Å². The molecule has 4 saturated carbocycles. The summed E-state index contributed by atoms with van der Waals surface area (Å²) in [5.74, 6) is 4.73. The number of carbonyl (C=O) groups excluding carboxylic acids is 1. The first kappa shape index (κ1) is 23.0. The fourth-order valence-corrected chi connectivity index (χ4v) is 9.51. The zero-order valence-corrected chi connectivity index (χ0v) is 21.7. The third-order valence-corrected chi connectivity index (χ3v) is 10.8. The molecule has 0 aromatic heterocycles. The van der Waals surface area contributed by atoms with Crippen molar-refractivity contribution in [3.8, 4) is 0 Å². The highest BCUT2D eigenvalue weighted by atomic mass is 16.2. The summed E-state index contributed by atoms with van der Waals surface area (Å²) in [4.78, 5) is 19.3. The minimum absolute atomic E-state index is 0.0150. The first-order chi connectivity index (χ1) is 17.6. The van der Waals surface area contributed by atoms with Crippen LogP contribution in [0.5, 0.6) is 0 Å². The van der Waals surface area contributed by atoms with Gasteiger partial charge in [-0.2, -0.15) is 0 Å². The maximum Gasteiger partial charge on any atom is 0.228 e. The molecule has 2 unspecified atom stereocenters. The summed E-state index contributed by atoms with van der Waals surface area (Å²) in [6.45, 7) is 5.38. The van der Waals surface area contributed by atoms with Crippen molar-refractivity contribution >= 4 is 5.91 Å². The molecule has 4 bridgehead atoms. The van der Waals surface area contributed by atoms with Crippen molar-refractivity contribution in [1.29, 1.82) is 0 Å². The molecule has 2 atom stereocenters. The molecule has 190 valence electrons. The Morgan fingerprint density at radius 1 is 0.750 bits per heavy atom. The maximum atomic E-state index is 14.2. The molecule has 0 spiro atoms. The van der Waals surface area contributed by atoms with Gasteiger partial charge in [0, 0.05) is 25.6 Å². The van der Waals surface area contributed by atoms with Crippen LogP contribution in [0.4, 0.5) is 0 Å². The molecule has 2 heterocycles. The Hall–Kier alpha value is -2.13. The number of amides is 1. The molecule has 6 aliphatic rings. The van der Waals surface area contributed by atoms with Crippen LogP contribution in [0.3, 0.4) is 0 Å². The third-order valence-electron chi connectivity index (χ3n) is 10.8. The van der Waals surface area contributed by atoms with E-state index in [0.29, 0.717) is 23.7 Å². The number of hydrogen-bond donors (Lipinski definition) is 0. The average Bonchev–Trinajstić information content (AvgIpc) is 3.32. The second kappa shape index (κ2) is 9.31. The number of benzene rings is 2. The van der Waals surface area contributed by atoms with Gasteiger partial charge in [0.1, 0.15) is 0 Å². The van der Waals surface area contributed by atoms with Crippen molar-refractivity contribution in [1.82, 2.24) is 9.80 Å². The molecule has 3 heteroatoms. The van der Waals surface area contributed by atoms with Gasteiger partial charge in [-0.15, -0.1) is 0 Å². The smallest absolute Gasteiger partial charge is 0.228 e. The van der Waals surface area contributed by atoms with E-state index < -0.39 is 0 Å². The van der Waals surface area contributed by atoms with Crippen LogP contribution in [0, 0.1) is 29.1 Å². The Kier molecular flexibility index (Phi) is 5.96. The van der Waals surface area contributed by atoms with Gasteiger partial charge in [-0.25, -0.2) is 0 Å². The van der Waals surface area contributed by atoms with Gasteiger partial charge >= 0.3 is 0 Å². The van der Waals surface area contributed by atoms with E-state index in [-0.39, 0.29) is 5.41 Å². The predicted octanol–water partition coefficient (Wildman–Crippen LogP) is 6.32. The summed E-state index contributed by atoms with van der Waals surface area (Å²) in [5.41, 5.74) is 2.92. The molecular weight excluding hydrogens is 440 g/mol. The first-order valence-electron chi connectivity index (χ1n) is 14.8. The van der Waals surface area contributed by atoms with Crippen molar-refractivity contribution in [2.75, 3.05) is 32.7 Å². The minimum atomic E-state index is -0.0150. The molecule has 0 radical (unpaired) electrons. The second-order valence-electron chi connectivity index (χ2n) is 13.2. The van der Waals surface area contributed by atoms with Crippen LogP contribution in [0.15, 0.2) is 60.7 Å². The first-order valence-corrected chi connectivity index (χ1v) is 14.8. The predicted molar refractivity (Wildman–Crippen MR) is 145 cm³/mol. The van der Waals surface area contributed by atoms with E-state index in [4.69, 9.17) is 0 Å². The SMILES string of the molecule is O=C(N1CC(CN2CCC(c3ccccc3)CC2)C(c2ccccc2)C1)C12CC3CC(CC(C3)C1)C2. The lowest BCUT2D eigenvalue weighted by Gasteiger charge is -2.56. The molecule has 0 N–H and O–H groups in total. The maximum absolute atomic E-state index is 14.2. The van der Waals surface area contributed by atoms with E-state index in [2.05, 4.69) is 70.5 Å². The Morgan fingerprint density at radius 2 is 1.31 bits per heavy atom. The van der Waals surface area contributed by atoms with Crippen molar-refractivity contribution in [3.63, 3.8) is 0 Å². The highest BCUT2D eigenvalue weighted by Gasteiger charge is 2.56. The van der Waals surface area contributed by atoms with Gasteiger partial charge in [-0.05, 0) is 105 Å². The number of rotatable bonds is 5. The van der Waals surface area contributed by atoms with Crippen molar-refractivity contribution in [2.45, 2.75) is 63.2 Å². The Bertz CT molecular complexity index is 1020. The molecule has 4 aliphatic carbocycles. The van der Waals surface area contributed by atoms with Crippen LogP contribution in [0.1, 0.15) is 74.3 Å². The quantitative estimate of drug-likeness (QED) is 0.498. The minimum Gasteiger partial charge on any atom is -0.341 e. The zero-order chi connectivity index (χ0) is 24.1. The summed E-state index contributed by atoms with van der Waals surface area (Å²) in [7, 11) is 0. The topological polar surface area (TPSA) is 23.6 Å². The van der Waals surface area contributed by atoms with Crippen molar-refractivity contribution in [2.24, 2.45) is 29.1 Å². The summed E-state index contributed by atoms with van der Waals surface area (Å²) in [6.07, 6.45) is 10.3. The molecule has 8 rings (SSSR count). The summed E-state index contributed by atoms with van der Waals surface area (Å²) < 4.78 is 0. The van der Waals surface area contributed by atoms with Crippen LogP contribution in [0.25, 0.3) is 0 Å². The van der Waals surface area contributed by atoms with Crippen LogP contribution in [-0.2, 0) is 4.79 Å². The molecule has 2 aromatic rings. The molecule has 6 fully saturated rings.